The zero-order chi connectivity index (χ0) is 10.3. The van der Waals surface area contributed by atoms with Gasteiger partial charge in [-0.05, 0) is 31.6 Å². The van der Waals surface area contributed by atoms with E-state index in [-0.39, 0.29) is 5.92 Å². The maximum absolute atomic E-state index is 10.7. The molecule has 1 saturated heterocycles. The third kappa shape index (κ3) is 1.78. The van der Waals surface area contributed by atoms with Crippen molar-refractivity contribution in [1.29, 1.82) is 0 Å². The molecule has 0 aromatic carbocycles. The van der Waals surface area contributed by atoms with E-state index < -0.39 is 5.97 Å². The van der Waals surface area contributed by atoms with Crippen LogP contribution in [0.1, 0.15) is 26.7 Å². The van der Waals surface area contributed by atoms with E-state index in [1.807, 2.05) is 6.92 Å². The fraction of sp³-hybridized carbons (Fsp3) is 0.909. The van der Waals surface area contributed by atoms with E-state index in [1.165, 1.54) is 12.8 Å². The number of hydrogen-bond donors (Lipinski definition) is 1. The molecule has 0 spiro atoms. The molecule has 2 rings (SSSR count). The molecule has 14 heavy (non-hydrogen) atoms. The number of rotatable bonds is 4. The van der Waals surface area contributed by atoms with Crippen LogP contribution in [0.25, 0.3) is 0 Å². The number of nitrogens with zero attached hydrogens (tertiary/aromatic N) is 1. The fourth-order valence-corrected chi connectivity index (χ4v) is 2.28. The van der Waals surface area contributed by atoms with Crippen molar-refractivity contribution in [2.24, 2.45) is 17.8 Å². The summed E-state index contributed by atoms with van der Waals surface area (Å²) in [6, 6.07) is 0.687. The number of carbonyl (C=O) groups is 1. The van der Waals surface area contributed by atoms with Crippen LogP contribution in [0, 0.1) is 17.8 Å². The topological polar surface area (TPSA) is 40.5 Å². The fourth-order valence-electron chi connectivity index (χ4n) is 2.28. The van der Waals surface area contributed by atoms with E-state index in [2.05, 4.69) is 11.8 Å². The molecule has 0 amide bonds. The zero-order valence-electron chi connectivity index (χ0n) is 8.94. The van der Waals surface area contributed by atoms with Crippen molar-refractivity contribution in [3.63, 3.8) is 0 Å². The molecule has 1 N–H and O–H groups in total. The second kappa shape index (κ2) is 3.54. The van der Waals surface area contributed by atoms with Crippen LogP contribution in [0.4, 0.5) is 0 Å². The Balaban J connectivity index is 1.75. The SMILES string of the molecule is CC(C(=O)O)C1CN(C(C)C2CC2)C1. The highest BCUT2D eigenvalue weighted by atomic mass is 16.4. The van der Waals surface area contributed by atoms with Crippen LogP contribution < -0.4 is 0 Å². The molecule has 0 aromatic rings. The standard InChI is InChI=1S/C11H19NO2/c1-7(11(13)14)10-5-12(6-10)8(2)9-3-4-9/h7-10H,3-6H2,1-2H3,(H,13,14). The minimum absolute atomic E-state index is 0.169. The quantitative estimate of drug-likeness (QED) is 0.741. The molecule has 3 heteroatoms. The molecule has 1 aliphatic heterocycles. The molecule has 1 saturated carbocycles. The van der Waals surface area contributed by atoms with Crippen molar-refractivity contribution in [3.8, 4) is 0 Å². The highest BCUT2D eigenvalue weighted by molar-refractivity contribution is 5.70. The smallest absolute Gasteiger partial charge is 0.306 e. The van der Waals surface area contributed by atoms with Crippen LogP contribution in [-0.2, 0) is 4.79 Å². The normalized spacial score (nSPS) is 28.1. The lowest BCUT2D eigenvalue weighted by molar-refractivity contribution is -0.146. The largest absolute Gasteiger partial charge is 0.481 e. The van der Waals surface area contributed by atoms with Gasteiger partial charge in [0.05, 0.1) is 5.92 Å². The molecule has 2 atom stereocenters. The van der Waals surface area contributed by atoms with Gasteiger partial charge >= 0.3 is 5.97 Å². The Morgan fingerprint density at radius 3 is 2.29 bits per heavy atom. The van der Waals surface area contributed by atoms with E-state index in [9.17, 15) is 4.79 Å². The van der Waals surface area contributed by atoms with Gasteiger partial charge in [0.25, 0.3) is 0 Å². The minimum Gasteiger partial charge on any atom is -0.481 e. The van der Waals surface area contributed by atoms with Crippen molar-refractivity contribution < 1.29 is 9.90 Å². The molecule has 80 valence electrons. The molecule has 0 radical (unpaired) electrons. The summed E-state index contributed by atoms with van der Waals surface area (Å²) in [7, 11) is 0. The molecule has 0 bridgehead atoms. The third-order valence-electron chi connectivity index (χ3n) is 3.91. The maximum Gasteiger partial charge on any atom is 0.306 e. The number of aliphatic carboxylic acids is 1. The van der Waals surface area contributed by atoms with Gasteiger partial charge in [0.1, 0.15) is 0 Å². The molecule has 2 unspecified atom stereocenters. The Kier molecular flexibility index (Phi) is 2.52. The molecule has 1 heterocycles. The van der Waals surface area contributed by atoms with Gasteiger partial charge in [-0.25, -0.2) is 0 Å². The predicted octanol–water partition coefficient (Wildman–Crippen LogP) is 1.44. The van der Waals surface area contributed by atoms with E-state index >= 15 is 0 Å². The van der Waals surface area contributed by atoms with Crippen LogP contribution in [-0.4, -0.2) is 35.1 Å². The average Bonchev–Trinajstić information content (AvgIpc) is 2.82. The Morgan fingerprint density at radius 2 is 1.86 bits per heavy atom. The van der Waals surface area contributed by atoms with Gasteiger partial charge in [0.15, 0.2) is 0 Å². The molecule has 1 aliphatic carbocycles. The van der Waals surface area contributed by atoms with Crippen LogP contribution in [0.15, 0.2) is 0 Å². The molecule has 2 fully saturated rings. The first kappa shape index (κ1) is 9.97. The summed E-state index contributed by atoms with van der Waals surface area (Å²) < 4.78 is 0. The molecule has 3 nitrogen and oxygen atoms in total. The summed E-state index contributed by atoms with van der Waals surface area (Å²) in [5, 5.41) is 8.85. The first-order chi connectivity index (χ1) is 6.59. The zero-order valence-corrected chi connectivity index (χ0v) is 8.94. The van der Waals surface area contributed by atoms with Gasteiger partial charge in [-0.3, -0.25) is 9.69 Å². The Bertz CT molecular complexity index is 231. The van der Waals surface area contributed by atoms with Crippen molar-refractivity contribution in [1.82, 2.24) is 4.90 Å². The summed E-state index contributed by atoms with van der Waals surface area (Å²) in [5.41, 5.74) is 0. The van der Waals surface area contributed by atoms with Crippen molar-refractivity contribution in [2.75, 3.05) is 13.1 Å². The van der Waals surface area contributed by atoms with Gasteiger partial charge in [-0.15, -0.1) is 0 Å². The van der Waals surface area contributed by atoms with Gasteiger partial charge in [0, 0.05) is 19.1 Å². The van der Waals surface area contributed by atoms with Crippen molar-refractivity contribution in [3.05, 3.63) is 0 Å². The lowest BCUT2D eigenvalue weighted by Crippen LogP contribution is -2.54. The van der Waals surface area contributed by atoms with Gasteiger partial charge in [0.2, 0.25) is 0 Å². The van der Waals surface area contributed by atoms with Crippen LogP contribution in [0.3, 0.4) is 0 Å². The van der Waals surface area contributed by atoms with E-state index in [0.29, 0.717) is 12.0 Å². The van der Waals surface area contributed by atoms with E-state index in [0.717, 1.165) is 19.0 Å². The number of carboxylic acids is 1. The number of likely N-dealkylation sites (tertiary alicyclic amines) is 1. The highest BCUT2D eigenvalue weighted by Crippen LogP contribution is 2.38. The second-order valence-corrected chi connectivity index (χ2v) is 4.92. The number of carboxylic acid groups (broad SMARTS) is 1. The number of hydrogen-bond acceptors (Lipinski definition) is 2. The van der Waals surface area contributed by atoms with E-state index in [4.69, 9.17) is 5.11 Å². The lowest BCUT2D eigenvalue weighted by Gasteiger charge is -2.45. The highest BCUT2D eigenvalue weighted by Gasteiger charge is 2.41. The Labute approximate surface area is 85.1 Å². The van der Waals surface area contributed by atoms with Crippen LogP contribution >= 0.6 is 0 Å². The third-order valence-corrected chi connectivity index (χ3v) is 3.91. The van der Waals surface area contributed by atoms with Gasteiger partial charge in [-0.1, -0.05) is 6.92 Å². The van der Waals surface area contributed by atoms with Crippen molar-refractivity contribution >= 4 is 5.97 Å². The van der Waals surface area contributed by atoms with Crippen LogP contribution in [0.2, 0.25) is 0 Å². The molecular weight excluding hydrogens is 178 g/mol. The monoisotopic (exact) mass is 197 g/mol. The summed E-state index contributed by atoms with van der Waals surface area (Å²) in [6.07, 6.45) is 2.74. The molecule has 0 aromatic heterocycles. The Morgan fingerprint density at radius 1 is 1.29 bits per heavy atom. The summed E-state index contributed by atoms with van der Waals surface area (Å²) in [6.45, 7) is 6.09. The van der Waals surface area contributed by atoms with E-state index in [1.54, 1.807) is 0 Å². The van der Waals surface area contributed by atoms with Crippen molar-refractivity contribution in [2.45, 2.75) is 32.7 Å². The molecular formula is C11H19NO2. The second-order valence-electron chi connectivity index (χ2n) is 4.92. The first-order valence-electron chi connectivity index (χ1n) is 5.56. The lowest BCUT2D eigenvalue weighted by atomic mass is 9.85. The Hall–Kier alpha value is -0.570. The van der Waals surface area contributed by atoms with Gasteiger partial charge < -0.3 is 5.11 Å². The molecule has 2 aliphatic rings. The average molecular weight is 197 g/mol. The summed E-state index contributed by atoms with van der Waals surface area (Å²) >= 11 is 0. The summed E-state index contributed by atoms with van der Waals surface area (Å²) in [4.78, 5) is 13.2. The first-order valence-corrected chi connectivity index (χ1v) is 5.56. The summed E-state index contributed by atoms with van der Waals surface area (Å²) in [5.74, 6) is 0.469. The van der Waals surface area contributed by atoms with Crippen LogP contribution in [0.5, 0.6) is 0 Å². The minimum atomic E-state index is -0.645. The predicted molar refractivity (Wildman–Crippen MR) is 54.0 cm³/mol. The van der Waals surface area contributed by atoms with Gasteiger partial charge in [-0.2, -0.15) is 0 Å². The maximum atomic E-state index is 10.7.